The molecule has 3 N–H and O–H groups in total. The molecule has 0 aromatic heterocycles. The van der Waals surface area contributed by atoms with E-state index in [1.54, 1.807) is 0 Å². The minimum absolute atomic E-state index is 0. The van der Waals surface area contributed by atoms with Crippen LogP contribution in [0.25, 0.3) is 0 Å². The van der Waals surface area contributed by atoms with Crippen molar-refractivity contribution in [3.63, 3.8) is 0 Å². The van der Waals surface area contributed by atoms with Gasteiger partial charge in [-0.15, -0.1) is 0 Å². The van der Waals surface area contributed by atoms with Crippen molar-refractivity contribution in [2.24, 2.45) is 0 Å². The summed E-state index contributed by atoms with van der Waals surface area (Å²) in [6.07, 6.45) is 0. The summed E-state index contributed by atoms with van der Waals surface area (Å²) in [4.78, 5) is 72.9. The normalized spacial score (nSPS) is 10.4. The van der Waals surface area contributed by atoms with Gasteiger partial charge in [-0.1, -0.05) is 0 Å². The van der Waals surface area contributed by atoms with Crippen LogP contribution in [0.1, 0.15) is 0 Å². The van der Waals surface area contributed by atoms with Crippen molar-refractivity contribution in [1.29, 1.82) is 0 Å². The van der Waals surface area contributed by atoms with E-state index in [1.807, 2.05) is 0 Å². The topological polar surface area (TPSA) is 250 Å². The average Bonchev–Trinajstić information content (AvgIpc) is 1.41. The van der Waals surface area contributed by atoms with Crippen molar-refractivity contribution in [3.05, 3.63) is 0 Å². The van der Waals surface area contributed by atoms with Gasteiger partial charge in [0.25, 0.3) is 0 Å². The fourth-order valence-electron chi connectivity index (χ4n) is 0. The first kappa shape index (κ1) is 31.2. The minimum atomic E-state index is -5.14. The van der Waals surface area contributed by atoms with Gasteiger partial charge in [0.1, 0.15) is 0 Å². The Morgan fingerprint density at radius 3 is 0.529 bits per heavy atom. The zero-order valence-electron chi connectivity index (χ0n) is 7.51. The van der Waals surface area contributed by atoms with Crippen LogP contribution in [0.3, 0.4) is 0 Å². The monoisotopic (exact) mass is 426 g/mol. The van der Waals surface area contributed by atoms with E-state index in [0.29, 0.717) is 0 Å². The molecule has 0 spiro atoms. The summed E-state index contributed by atoms with van der Waals surface area (Å²) in [5.41, 5.74) is 0. The number of hydrogen-bond acceptors (Lipinski definition) is 9. The molecule has 0 radical (unpaired) electrons. The molecule has 0 unspecified atom stereocenters. The van der Waals surface area contributed by atoms with Crippen LogP contribution in [-0.4, -0.2) is 54.3 Å². The zero-order valence-corrected chi connectivity index (χ0v) is 15.0. The number of phosphoric acid groups is 3. The second-order valence-corrected chi connectivity index (χ2v) is 4.22. The molecule has 0 aliphatic carbocycles. The Labute approximate surface area is 121 Å². The van der Waals surface area contributed by atoms with Gasteiger partial charge < -0.3 is 57.7 Å². The van der Waals surface area contributed by atoms with Gasteiger partial charge in [0, 0.05) is 0 Å². The molecule has 96 valence electrons. The Balaban J connectivity index is -0.0000000400. The van der Waals surface area contributed by atoms with Crippen molar-refractivity contribution in [2.75, 3.05) is 0 Å². The molecular weight excluding hydrogens is 424 g/mol. The van der Waals surface area contributed by atoms with E-state index in [9.17, 15) is 0 Å². The van der Waals surface area contributed by atoms with Crippen LogP contribution in [0.2, 0.25) is 0 Å². The van der Waals surface area contributed by atoms with E-state index in [0.717, 1.165) is 0 Å². The van der Waals surface area contributed by atoms with Crippen LogP contribution in [0, 0.1) is 0 Å². The van der Waals surface area contributed by atoms with Crippen molar-refractivity contribution in [2.45, 2.75) is 0 Å². The second kappa shape index (κ2) is 12.6. The molecule has 0 atom stereocenters. The first-order valence-corrected chi connectivity index (χ1v) is 6.73. The maximum atomic E-state index is 8.66. The zero-order chi connectivity index (χ0) is 13.5. The van der Waals surface area contributed by atoms with Gasteiger partial charge in [-0.05, 0) is 0 Å². The van der Waals surface area contributed by atoms with Gasteiger partial charge in [0.15, 0.2) is 0 Å². The third kappa shape index (κ3) is 1670. The van der Waals surface area contributed by atoms with Crippen LogP contribution in [0.4, 0.5) is 0 Å². The Morgan fingerprint density at radius 2 is 0.529 bits per heavy atom. The minimum Gasteiger partial charge on any atom is -0.790 e. The molecule has 0 aromatic rings. The summed E-state index contributed by atoms with van der Waals surface area (Å²) in [5.74, 6) is 0. The molecule has 0 heterocycles. The van der Waals surface area contributed by atoms with Crippen LogP contribution >= 0.6 is 23.5 Å². The van der Waals surface area contributed by atoms with Crippen LogP contribution < -0.4 is 29.4 Å². The van der Waals surface area contributed by atoms with E-state index < -0.39 is 23.5 Å². The summed E-state index contributed by atoms with van der Waals surface area (Å²) in [7, 11) is -15.4. The maximum absolute atomic E-state index is 8.66. The summed E-state index contributed by atoms with van der Waals surface area (Å²) in [6, 6.07) is 0. The summed E-state index contributed by atoms with van der Waals surface area (Å²) in [6.45, 7) is 0. The molecule has 17 heavy (non-hydrogen) atoms. The SMILES string of the molecule is O=P([O-])([O-])O.O=P([O-])([O-])O.O=P([O-])([O-])O.[Ga+3].[Ga+3]. The number of rotatable bonds is 0. The Kier molecular flexibility index (Phi) is 23.1. The summed E-state index contributed by atoms with van der Waals surface area (Å²) in [5, 5.41) is 0. The molecule has 0 saturated carbocycles. The van der Waals surface area contributed by atoms with E-state index in [1.165, 1.54) is 0 Å². The quantitative estimate of drug-likeness (QED) is 0.241. The Morgan fingerprint density at radius 1 is 0.529 bits per heavy atom. The predicted molar refractivity (Wildman–Crippen MR) is 41.0 cm³/mol. The molecule has 0 aliphatic rings. The van der Waals surface area contributed by atoms with Crippen molar-refractivity contribution >= 4 is 63.0 Å². The summed E-state index contributed by atoms with van der Waals surface area (Å²) < 4.78 is 26.0. The molecule has 0 bridgehead atoms. The molecular formula is H3Ga2O12P3. The fourth-order valence-corrected chi connectivity index (χ4v) is 0. The number of hydrogen-bond donors (Lipinski definition) is 3. The van der Waals surface area contributed by atoms with Crippen LogP contribution in [-0.2, 0) is 13.7 Å². The van der Waals surface area contributed by atoms with Gasteiger partial charge in [-0.2, -0.15) is 0 Å². The molecule has 12 nitrogen and oxygen atoms in total. The smallest absolute Gasteiger partial charge is 0.790 e. The predicted octanol–water partition coefficient (Wildman–Crippen LogP) is -7.34. The van der Waals surface area contributed by atoms with E-state index in [4.69, 9.17) is 57.7 Å². The first-order chi connectivity index (χ1) is 6.00. The molecule has 0 fully saturated rings. The van der Waals surface area contributed by atoms with Gasteiger partial charge >= 0.3 is 39.6 Å². The standard InChI is InChI=1S/2Ga.3H3O4P/c;;3*1-5(2,3)4/h;;3*(H3,1,2,3,4)/q2*+3;;;/p-6. The van der Waals surface area contributed by atoms with Gasteiger partial charge in [0.05, 0.1) is 23.5 Å². The van der Waals surface area contributed by atoms with Gasteiger partial charge in [-0.25, -0.2) is 0 Å². The summed E-state index contributed by atoms with van der Waals surface area (Å²) >= 11 is 0. The molecule has 0 amide bonds. The Bertz CT molecular complexity index is 206. The largest absolute Gasteiger partial charge is 3.00 e. The van der Waals surface area contributed by atoms with Crippen LogP contribution in [0.5, 0.6) is 0 Å². The molecule has 0 aromatic carbocycles. The second-order valence-electron chi connectivity index (χ2n) is 1.41. The van der Waals surface area contributed by atoms with E-state index >= 15 is 0 Å². The molecule has 17 heteroatoms. The third-order valence-electron chi connectivity index (χ3n) is 0. The molecule has 0 rings (SSSR count). The van der Waals surface area contributed by atoms with E-state index in [-0.39, 0.29) is 39.6 Å². The average molecular weight is 427 g/mol. The Hall–Kier alpha value is 1.60. The van der Waals surface area contributed by atoms with E-state index in [2.05, 4.69) is 0 Å². The van der Waals surface area contributed by atoms with Gasteiger partial charge in [0.2, 0.25) is 0 Å². The van der Waals surface area contributed by atoms with Crippen LogP contribution in [0.15, 0.2) is 0 Å². The van der Waals surface area contributed by atoms with Gasteiger partial charge in [-0.3, -0.25) is 0 Å². The molecule has 0 aliphatic heterocycles. The molecule has 0 saturated heterocycles. The van der Waals surface area contributed by atoms with Crippen molar-refractivity contribution in [3.8, 4) is 0 Å². The fraction of sp³-hybridized carbons (Fsp3) is 0. The maximum Gasteiger partial charge on any atom is 3.00 e. The van der Waals surface area contributed by atoms with Crippen molar-refractivity contribution < 1.29 is 57.7 Å². The van der Waals surface area contributed by atoms with Crippen molar-refractivity contribution in [1.82, 2.24) is 0 Å². The first-order valence-electron chi connectivity index (χ1n) is 2.24. The third-order valence-corrected chi connectivity index (χ3v) is 0.